The fourth-order valence-corrected chi connectivity index (χ4v) is 3.46. The first-order chi connectivity index (χ1) is 12.0. The van der Waals surface area contributed by atoms with Crippen molar-refractivity contribution in [3.05, 3.63) is 86.3 Å². The molecule has 0 saturated carbocycles. The van der Waals surface area contributed by atoms with E-state index in [2.05, 4.69) is 34.6 Å². The second kappa shape index (κ2) is 7.44. The van der Waals surface area contributed by atoms with E-state index in [9.17, 15) is 9.59 Å². The number of rotatable bonds is 5. The Kier molecular flexibility index (Phi) is 5.09. The molecule has 25 heavy (non-hydrogen) atoms. The van der Waals surface area contributed by atoms with Crippen molar-refractivity contribution in [1.29, 1.82) is 0 Å². The third-order valence-corrected chi connectivity index (χ3v) is 4.82. The molecule has 5 nitrogen and oxygen atoms in total. The molecule has 1 N–H and O–H groups in total. The predicted octanol–water partition coefficient (Wildman–Crippen LogP) is 2.61. The first-order valence-corrected chi connectivity index (χ1v) is 8.76. The third kappa shape index (κ3) is 4.22. The SMILES string of the molecule is CNC(=O)c1cccc(Cn2sc(Cc3ccc(C)cc3)nc2=O)c1. The van der Waals surface area contributed by atoms with Crippen molar-refractivity contribution in [2.24, 2.45) is 0 Å². The normalized spacial score (nSPS) is 10.6. The molecule has 6 heteroatoms. The Bertz CT molecular complexity index is 942. The van der Waals surface area contributed by atoms with E-state index >= 15 is 0 Å². The Morgan fingerprint density at radius 2 is 1.92 bits per heavy atom. The Labute approximate surface area is 150 Å². The maximum Gasteiger partial charge on any atom is 0.358 e. The molecule has 0 atom stereocenters. The van der Waals surface area contributed by atoms with Gasteiger partial charge < -0.3 is 5.32 Å². The van der Waals surface area contributed by atoms with Crippen LogP contribution in [0.25, 0.3) is 0 Å². The summed E-state index contributed by atoms with van der Waals surface area (Å²) in [6.07, 6.45) is 0.644. The number of carbonyl (C=O) groups excluding carboxylic acids is 1. The van der Waals surface area contributed by atoms with Crippen LogP contribution in [0.2, 0.25) is 0 Å². The quantitative estimate of drug-likeness (QED) is 0.767. The van der Waals surface area contributed by atoms with Gasteiger partial charge in [-0.25, -0.2) is 8.75 Å². The fourth-order valence-electron chi connectivity index (χ4n) is 2.52. The van der Waals surface area contributed by atoms with Crippen molar-refractivity contribution < 1.29 is 4.79 Å². The maximum absolute atomic E-state index is 12.1. The molecule has 0 fully saturated rings. The molecule has 0 aliphatic rings. The highest BCUT2D eigenvalue weighted by Gasteiger charge is 2.09. The lowest BCUT2D eigenvalue weighted by atomic mass is 10.1. The molecule has 0 radical (unpaired) electrons. The van der Waals surface area contributed by atoms with Gasteiger partial charge in [0.1, 0.15) is 5.01 Å². The number of carbonyl (C=O) groups is 1. The summed E-state index contributed by atoms with van der Waals surface area (Å²) in [4.78, 5) is 28.0. The average Bonchev–Trinajstić information content (AvgIpc) is 2.95. The van der Waals surface area contributed by atoms with Crippen LogP contribution in [-0.4, -0.2) is 21.9 Å². The molecule has 0 aliphatic carbocycles. The lowest BCUT2D eigenvalue weighted by molar-refractivity contribution is 0.0963. The molecular formula is C19H19N3O2S. The minimum Gasteiger partial charge on any atom is -0.355 e. The molecule has 128 valence electrons. The summed E-state index contributed by atoms with van der Waals surface area (Å²) >= 11 is 1.37. The van der Waals surface area contributed by atoms with Gasteiger partial charge in [-0.2, -0.15) is 4.98 Å². The van der Waals surface area contributed by atoms with E-state index in [0.717, 1.165) is 16.1 Å². The Hall–Kier alpha value is -2.73. The zero-order valence-electron chi connectivity index (χ0n) is 14.2. The minimum atomic E-state index is -0.252. The van der Waals surface area contributed by atoms with Gasteiger partial charge in [0.05, 0.1) is 6.54 Å². The molecule has 1 heterocycles. The van der Waals surface area contributed by atoms with Crippen LogP contribution >= 0.6 is 11.5 Å². The van der Waals surface area contributed by atoms with Crippen LogP contribution in [0.1, 0.15) is 32.1 Å². The van der Waals surface area contributed by atoms with E-state index in [1.165, 1.54) is 17.1 Å². The summed E-state index contributed by atoms with van der Waals surface area (Å²) in [7, 11) is 1.60. The number of hydrogen-bond donors (Lipinski definition) is 1. The number of hydrogen-bond acceptors (Lipinski definition) is 4. The summed E-state index contributed by atoms with van der Waals surface area (Å²) in [5.41, 5.74) is 3.57. The van der Waals surface area contributed by atoms with Crippen LogP contribution in [0, 0.1) is 6.92 Å². The summed E-state index contributed by atoms with van der Waals surface area (Å²) in [5.74, 6) is -0.140. The topological polar surface area (TPSA) is 64.0 Å². The number of benzene rings is 2. The van der Waals surface area contributed by atoms with E-state index in [1.54, 1.807) is 23.1 Å². The minimum absolute atomic E-state index is 0.140. The van der Waals surface area contributed by atoms with Crippen LogP contribution in [0.5, 0.6) is 0 Å². The van der Waals surface area contributed by atoms with Crippen LogP contribution in [0.15, 0.2) is 53.3 Å². The van der Waals surface area contributed by atoms with E-state index in [-0.39, 0.29) is 11.6 Å². The molecule has 0 aliphatic heterocycles. The lowest BCUT2D eigenvalue weighted by Gasteiger charge is -2.04. The highest BCUT2D eigenvalue weighted by atomic mass is 32.1. The monoisotopic (exact) mass is 353 g/mol. The second-order valence-electron chi connectivity index (χ2n) is 5.86. The number of nitrogens with one attached hydrogen (secondary N) is 1. The Morgan fingerprint density at radius 3 is 2.64 bits per heavy atom. The predicted molar refractivity (Wildman–Crippen MR) is 99.3 cm³/mol. The van der Waals surface area contributed by atoms with Gasteiger partial charge >= 0.3 is 5.69 Å². The van der Waals surface area contributed by atoms with E-state index < -0.39 is 0 Å². The van der Waals surface area contributed by atoms with Crippen molar-refractivity contribution in [2.75, 3.05) is 7.05 Å². The smallest absolute Gasteiger partial charge is 0.355 e. The molecule has 3 rings (SSSR count). The fraction of sp³-hybridized carbons (Fsp3) is 0.211. The Balaban J connectivity index is 1.78. The first-order valence-electron chi connectivity index (χ1n) is 7.99. The van der Waals surface area contributed by atoms with Crippen molar-refractivity contribution >= 4 is 17.4 Å². The standard InChI is InChI=1S/C19H19N3O2S/c1-13-6-8-14(9-7-13)11-17-21-19(24)22(25-17)12-15-4-3-5-16(10-15)18(23)20-2/h3-10H,11-12H2,1-2H3,(H,20,23). The van der Waals surface area contributed by atoms with Gasteiger partial charge in [-0.15, -0.1) is 0 Å². The van der Waals surface area contributed by atoms with Crippen molar-refractivity contribution in [3.8, 4) is 0 Å². The zero-order chi connectivity index (χ0) is 17.8. The second-order valence-corrected chi connectivity index (χ2v) is 6.95. The lowest BCUT2D eigenvalue weighted by Crippen LogP contribution is -2.19. The number of aryl methyl sites for hydroxylation is 1. The molecular weight excluding hydrogens is 334 g/mol. The molecule has 0 saturated heterocycles. The molecule has 0 bridgehead atoms. The molecule has 3 aromatic rings. The van der Waals surface area contributed by atoms with Crippen LogP contribution < -0.4 is 11.0 Å². The van der Waals surface area contributed by atoms with Crippen molar-refractivity contribution in [2.45, 2.75) is 19.9 Å². The Morgan fingerprint density at radius 1 is 1.16 bits per heavy atom. The molecule has 1 amide bonds. The summed E-state index contributed by atoms with van der Waals surface area (Å²) in [6.45, 7) is 2.46. The summed E-state index contributed by atoms with van der Waals surface area (Å²) < 4.78 is 1.62. The summed E-state index contributed by atoms with van der Waals surface area (Å²) in [6, 6.07) is 15.5. The average molecular weight is 353 g/mol. The molecule has 1 aromatic heterocycles. The number of nitrogens with zero attached hydrogens (tertiary/aromatic N) is 2. The van der Waals surface area contributed by atoms with Crippen LogP contribution in [-0.2, 0) is 13.0 Å². The van der Waals surface area contributed by atoms with E-state index in [4.69, 9.17) is 0 Å². The number of amides is 1. The number of aromatic nitrogens is 2. The van der Waals surface area contributed by atoms with Gasteiger partial charge in [0.15, 0.2) is 0 Å². The summed E-state index contributed by atoms with van der Waals surface area (Å²) in [5, 5.41) is 3.39. The van der Waals surface area contributed by atoms with Gasteiger partial charge in [0.2, 0.25) is 0 Å². The van der Waals surface area contributed by atoms with Crippen molar-refractivity contribution in [3.63, 3.8) is 0 Å². The van der Waals surface area contributed by atoms with Gasteiger partial charge in [-0.1, -0.05) is 42.0 Å². The highest BCUT2D eigenvalue weighted by Crippen LogP contribution is 2.13. The van der Waals surface area contributed by atoms with E-state index in [1.807, 2.05) is 19.1 Å². The van der Waals surface area contributed by atoms with Gasteiger partial charge in [0, 0.05) is 19.0 Å². The van der Waals surface area contributed by atoms with Gasteiger partial charge in [-0.05, 0) is 41.7 Å². The highest BCUT2D eigenvalue weighted by molar-refractivity contribution is 7.06. The van der Waals surface area contributed by atoms with Crippen LogP contribution in [0.3, 0.4) is 0 Å². The van der Waals surface area contributed by atoms with Gasteiger partial charge in [-0.3, -0.25) is 4.79 Å². The molecule has 0 unspecified atom stereocenters. The zero-order valence-corrected chi connectivity index (χ0v) is 15.0. The van der Waals surface area contributed by atoms with E-state index in [0.29, 0.717) is 18.5 Å². The maximum atomic E-state index is 12.1. The molecule has 2 aromatic carbocycles. The largest absolute Gasteiger partial charge is 0.358 e. The van der Waals surface area contributed by atoms with Gasteiger partial charge in [0.25, 0.3) is 5.91 Å². The third-order valence-electron chi connectivity index (χ3n) is 3.87. The van der Waals surface area contributed by atoms with Crippen LogP contribution in [0.4, 0.5) is 0 Å². The first kappa shape index (κ1) is 17.1. The molecule has 0 spiro atoms. The van der Waals surface area contributed by atoms with Crippen molar-refractivity contribution in [1.82, 2.24) is 14.3 Å².